The molecule has 1 N–H and O–H groups in total. The summed E-state index contributed by atoms with van der Waals surface area (Å²) in [7, 11) is 0. The smallest absolute Gasteiger partial charge is 0.258 e. The minimum absolute atomic E-state index is 0.333. The molecule has 0 aliphatic rings. The van der Waals surface area contributed by atoms with Crippen molar-refractivity contribution >= 4 is 11.6 Å². The van der Waals surface area contributed by atoms with Crippen LogP contribution in [0.5, 0.6) is 0 Å². The number of amides is 1. The quantitative estimate of drug-likeness (QED) is 0.590. The van der Waals surface area contributed by atoms with E-state index in [4.69, 9.17) is 4.52 Å². The third-order valence-corrected chi connectivity index (χ3v) is 3.84. The fraction of sp³-hybridized carbons (Fsp3) is 0. The van der Waals surface area contributed by atoms with Gasteiger partial charge in [0.1, 0.15) is 5.82 Å². The molecule has 0 saturated heterocycles. The summed E-state index contributed by atoms with van der Waals surface area (Å²) >= 11 is 0. The maximum absolute atomic E-state index is 13.0. The van der Waals surface area contributed by atoms with Gasteiger partial charge in [-0.15, -0.1) is 0 Å². The number of hydrogen-bond acceptors (Lipinski definition) is 5. The van der Waals surface area contributed by atoms with Gasteiger partial charge in [0.05, 0.1) is 0 Å². The van der Waals surface area contributed by atoms with E-state index in [0.717, 1.165) is 5.56 Å². The molecule has 0 fully saturated rings. The molecule has 0 atom stereocenters. The topological polar surface area (TPSA) is 80.9 Å². The molecule has 1 amide bonds. The Morgan fingerprint density at radius 1 is 0.963 bits per heavy atom. The number of benzene rings is 2. The van der Waals surface area contributed by atoms with Crippen LogP contribution in [0.3, 0.4) is 0 Å². The number of nitrogens with zero attached hydrogens (tertiary/aromatic N) is 3. The summed E-state index contributed by atoms with van der Waals surface area (Å²) < 4.78 is 18.3. The lowest BCUT2D eigenvalue weighted by molar-refractivity contribution is 0.102. The van der Waals surface area contributed by atoms with Gasteiger partial charge in [-0.1, -0.05) is 11.2 Å². The van der Waals surface area contributed by atoms with Crippen LogP contribution < -0.4 is 5.32 Å². The van der Waals surface area contributed by atoms with E-state index >= 15 is 0 Å². The van der Waals surface area contributed by atoms with Gasteiger partial charge in [-0.05, 0) is 54.6 Å². The Hall–Kier alpha value is -3.87. The second kappa shape index (κ2) is 7.17. The van der Waals surface area contributed by atoms with E-state index in [1.807, 2.05) is 0 Å². The molecule has 0 spiro atoms. The molecule has 7 heteroatoms. The third kappa shape index (κ3) is 3.72. The van der Waals surface area contributed by atoms with Crippen LogP contribution in [0.1, 0.15) is 10.4 Å². The molecule has 0 aliphatic heterocycles. The monoisotopic (exact) mass is 360 g/mol. The molecular formula is C20H13FN4O2. The van der Waals surface area contributed by atoms with Crippen LogP contribution in [0.15, 0.2) is 77.6 Å². The van der Waals surface area contributed by atoms with E-state index in [1.54, 1.807) is 48.8 Å². The van der Waals surface area contributed by atoms with Crippen molar-refractivity contribution in [3.63, 3.8) is 0 Å². The van der Waals surface area contributed by atoms with Crippen molar-refractivity contribution in [3.05, 3.63) is 84.4 Å². The zero-order valence-corrected chi connectivity index (χ0v) is 14.0. The standard InChI is InChI=1S/C20H13FN4O2/c21-16-6-4-14(5-7-16)19(26)23-17-3-1-2-15(12-17)20-24-18(25-27-20)13-8-10-22-11-9-13/h1-12H,(H,23,26). The number of rotatable bonds is 4. The fourth-order valence-electron chi connectivity index (χ4n) is 2.49. The predicted octanol–water partition coefficient (Wildman–Crippen LogP) is 4.19. The molecule has 0 radical (unpaired) electrons. The number of nitrogens with one attached hydrogen (secondary N) is 1. The van der Waals surface area contributed by atoms with Crippen molar-refractivity contribution in [1.29, 1.82) is 0 Å². The van der Waals surface area contributed by atoms with Crippen LogP contribution in [-0.2, 0) is 0 Å². The zero-order chi connectivity index (χ0) is 18.6. The van der Waals surface area contributed by atoms with Crippen LogP contribution in [0.2, 0.25) is 0 Å². The number of pyridine rings is 1. The highest BCUT2D eigenvalue weighted by Gasteiger charge is 2.12. The van der Waals surface area contributed by atoms with E-state index in [2.05, 4.69) is 20.4 Å². The normalized spacial score (nSPS) is 10.6. The van der Waals surface area contributed by atoms with Gasteiger partial charge in [-0.2, -0.15) is 4.98 Å². The largest absolute Gasteiger partial charge is 0.334 e. The van der Waals surface area contributed by atoms with Crippen LogP contribution in [-0.4, -0.2) is 21.0 Å². The van der Waals surface area contributed by atoms with Gasteiger partial charge in [-0.3, -0.25) is 9.78 Å². The Labute approximate surface area is 153 Å². The molecular weight excluding hydrogens is 347 g/mol. The minimum Gasteiger partial charge on any atom is -0.334 e. The Balaban J connectivity index is 1.55. The van der Waals surface area contributed by atoms with Gasteiger partial charge < -0.3 is 9.84 Å². The van der Waals surface area contributed by atoms with E-state index in [1.165, 1.54) is 24.3 Å². The first kappa shape index (κ1) is 16.6. The minimum atomic E-state index is -0.394. The summed E-state index contributed by atoms with van der Waals surface area (Å²) in [4.78, 5) is 20.6. The first-order chi connectivity index (χ1) is 13.2. The van der Waals surface area contributed by atoms with E-state index in [0.29, 0.717) is 28.5 Å². The molecule has 4 aromatic rings. The molecule has 0 bridgehead atoms. The van der Waals surface area contributed by atoms with Gasteiger partial charge in [0.15, 0.2) is 0 Å². The van der Waals surface area contributed by atoms with E-state index in [9.17, 15) is 9.18 Å². The number of halogens is 1. The molecule has 6 nitrogen and oxygen atoms in total. The second-order valence-corrected chi connectivity index (χ2v) is 5.70. The molecule has 0 unspecified atom stereocenters. The summed E-state index contributed by atoms with van der Waals surface area (Å²) in [5, 5.41) is 6.74. The van der Waals surface area contributed by atoms with Gasteiger partial charge in [0.25, 0.3) is 11.8 Å². The van der Waals surface area contributed by atoms with Crippen LogP contribution >= 0.6 is 0 Å². The summed E-state index contributed by atoms with van der Waals surface area (Å²) in [6.45, 7) is 0. The van der Waals surface area contributed by atoms with E-state index in [-0.39, 0.29) is 5.91 Å². The number of aromatic nitrogens is 3. The lowest BCUT2D eigenvalue weighted by Gasteiger charge is -2.06. The third-order valence-electron chi connectivity index (χ3n) is 3.84. The van der Waals surface area contributed by atoms with Crippen molar-refractivity contribution in [2.45, 2.75) is 0 Å². The Morgan fingerprint density at radius 3 is 2.52 bits per heavy atom. The number of carbonyl (C=O) groups excluding carboxylic acids is 1. The molecule has 2 aromatic heterocycles. The number of carbonyl (C=O) groups is 1. The van der Waals surface area contributed by atoms with Gasteiger partial charge in [0.2, 0.25) is 5.82 Å². The molecule has 132 valence electrons. The van der Waals surface area contributed by atoms with Crippen LogP contribution in [0.4, 0.5) is 10.1 Å². The highest BCUT2D eigenvalue weighted by Crippen LogP contribution is 2.24. The van der Waals surface area contributed by atoms with Crippen molar-refractivity contribution in [1.82, 2.24) is 15.1 Å². The van der Waals surface area contributed by atoms with Gasteiger partial charge in [0, 0.05) is 34.8 Å². The van der Waals surface area contributed by atoms with Crippen LogP contribution in [0, 0.1) is 5.82 Å². The molecule has 4 rings (SSSR count). The van der Waals surface area contributed by atoms with Gasteiger partial charge in [-0.25, -0.2) is 4.39 Å². The average molecular weight is 360 g/mol. The number of hydrogen-bond donors (Lipinski definition) is 1. The highest BCUT2D eigenvalue weighted by atomic mass is 19.1. The van der Waals surface area contributed by atoms with Crippen molar-refractivity contribution in [3.8, 4) is 22.8 Å². The Morgan fingerprint density at radius 2 is 1.74 bits per heavy atom. The Bertz CT molecular complexity index is 1080. The van der Waals surface area contributed by atoms with Crippen molar-refractivity contribution in [2.75, 3.05) is 5.32 Å². The maximum atomic E-state index is 13.0. The van der Waals surface area contributed by atoms with Crippen molar-refractivity contribution < 1.29 is 13.7 Å². The molecule has 0 aliphatic carbocycles. The first-order valence-corrected chi connectivity index (χ1v) is 8.10. The predicted molar refractivity (Wildman–Crippen MR) is 97.3 cm³/mol. The molecule has 2 heterocycles. The van der Waals surface area contributed by atoms with Crippen molar-refractivity contribution in [2.24, 2.45) is 0 Å². The SMILES string of the molecule is O=C(Nc1cccc(-c2nc(-c3ccncc3)no2)c1)c1ccc(F)cc1. The highest BCUT2D eigenvalue weighted by molar-refractivity contribution is 6.04. The average Bonchev–Trinajstić information content (AvgIpc) is 3.20. The summed E-state index contributed by atoms with van der Waals surface area (Å²) in [6, 6.07) is 15.9. The zero-order valence-electron chi connectivity index (χ0n) is 14.0. The van der Waals surface area contributed by atoms with Gasteiger partial charge >= 0.3 is 0 Å². The Kier molecular flexibility index (Phi) is 4.40. The second-order valence-electron chi connectivity index (χ2n) is 5.70. The summed E-state index contributed by atoms with van der Waals surface area (Å²) in [5.74, 6) is 0.0536. The fourth-order valence-corrected chi connectivity index (χ4v) is 2.49. The summed E-state index contributed by atoms with van der Waals surface area (Å²) in [6.07, 6.45) is 3.30. The van der Waals surface area contributed by atoms with E-state index < -0.39 is 5.82 Å². The molecule has 27 heavy (non-hydrogen) atoms. The number of anilines is 1. The van der Waals surface area contributed by atoms with Crippen LogP contribution in [0.25, 0.3) is 22.8 Å². The first-order valence-electron chi connectivity index (χ1n) is 8.10. The molecule has 0 saturated carbocycles. The lowest BCUT2D eigenvalue weighted by atomic mass is 10.1. The maximum Gasteiger partial charge on any atom is 0.258 e. The summed E-state index contributed by atoms with van der Waals surface area (Å²) in [5.41, 5.74) is 2.38. The lowest BCUT2D eigenvalue weighted by Crippen LogP contribution is -2.11. The molecule has 2 aromatic carbocycles.